The van der Waals surface area contributed by atoms with E-state index in [1.807, 2.05) is 24.3 Å². The number of fused-ring (bicyclic) bond motifs is 1. The van der Waals surface area contributed by atoms with E-state index in [1.165, 1.54) is 0 Å². The molecule has 0 radical (unpaired) electrons. The van der Waals surface area contributed by atoms with E-state index in [1.54, 1.807) is 0 Å². The summed E-state index contributed by atoms with van der Waals surface area (Å²) in [6, 6.07) is 7.77. The van der Waals surface area contributed by atoms with Crippen molar-refractivity contribution in [1.82, 2.24) is 0 Å². The molecule has 0 saturated heterocycles. The van der Waals surface area contributed by atoms with E-state index >= 15 is 0 Å². The number of para-hydroxylation sites is 1. The molecule has 0 amide bonds. The summed E-state index contributed by atoms with van der Waals surface area (Å²) in [5.41, 5.74) is 0.753. The number of aliphatic hydroxyl groups excluding tert-OH is 1. The van der Waals surface area contributed by atoms with Gasteiger partial charge in [-0.2, -0.15) is 0 Å². The molecule has 1 aliphatic heterocycles. The Kier molecular flexibility index (Phi) is 2.70. The smallest absolute Gasteiger partial charge is 0.125 e. The van der Waals surface area contributed by atoms with Gasteiger partial charge in [0.05, 0.1) is 6.10 Å². The average Bonchev–Trinajstić information content (AvgIpc) is 2.29. The van der Waals surface area contributed by atoms with Crippen LogP contribution in [0.2, 0.25) is 0 Å². The van der Waals surface area contributed by atoms with E-state index in [4.69, 9.17) is 4.74 Å². The second kappa shape index (κ2) is 3.86. The first-order valence-corrected chi connectivity index (χ1v) is 5.67. The van der Waals surface area contributed by atoms with Crippen LogP contribution in [0.3, 0.4) is 0 Å². The monoisotopic (exact) mass is 206 g/mol. The lowest BCUT2D eigenvalue weighted by atomic mass is 9.85. The van der Waals surface area contributed by atoms with Crippen LogP contribution < -0.4 is 4.74 Å². The highest BCUT2D eigenvalue weighted by Crippen LogP contribution is 2.42. The molecule has 1 unspecified atom stereocenters. The molecule has 1 aliphatic rings. The van der Waals surface area contributed by atoms with E-state index in [0.717, 1.165) is 24.2 Å². The molecule has 1 N–H and O–H groups in total. The van der Waals surface area contributed by atoms with Gasteiger partial charge in [0.25, 0.3) is 0 Å². The third kappa shape index (κ3) is 1.74. The van der Waals surface area contributed by atoms with Gasteiger partial charge < -0.3 is 9.84 Å². The fourth-order valence-corrected chi connectivity index (χ4v) is 2.27. The molecule has 15 heavy (non-hydrogen) atoms. The molecule has 1 aromatic carbocycles. The zero-order valence-corrected chi connectivity index (χ0v) is 9.36. The summed E-state index contributed by atoms with van der Waals surface area (Å²) in [5, 5.41) is 10.1. The third-order valence-electron chi connectivity index (χ3n) is 3.46. The lowest BCUT2D eigenvalue weighted by Crippen LogP contribution is -2.39. The minimum absolute atomic E-state index is 0.173. The van der Waals surface area contributed by atoms with E-state index < -0.39 is 0 Å². The van der Waals surface area contributed by atoms with Crippen LogP contribution in [-0.2, 0) is 0 Å². The third-order valence-corrected chi connectivity index (χ3v) is 3.46. The van der Waals surface area contributed by atoms with Gasteiger partial charge in [-0.3, -0.25) is 0 Å². The standard InChI is InChI=1S/C13H18O2/c1-3-13(4-2)9-11(14)10-7-5-6-8-12(10)15-13/h5-8,11,14H,3-4,9H2,1-2H3. The Morgan fingerprint density at radius 2 is 2.00 bits per heavy atom. The highest BCUT2D eigenvalue weighted by Gasteiger charge is 2.37. The van der Waals surface area contributed by atoms with Crippen molar-refractivity contribution in [1.29, 1.82) is 0 Å². The first-order valence-electron chi connectivity index (χ1n) is 5.67. The molecule has 1 heterocycles. The summed E-state index contributed by atoms with van der Waals surface area (Å²) in [7, 11) is 0. The average molecular weight is 206 g/mol. The Labute approximate surface area is 90.9 Å². The number of hydrogen-bond acceptors (Lipinski definition) is 2. The molecular weight excluding hydrogens is 188 g/mol. The molecule has 0 aliphatic carbocycles. The first-order chi connectivity index (χ1) is 7.21. The van der Waals surface area contributed by atoms with Crippen LogP contribution in [0.1, 0.15) is 44.8 Å². The van der Waals surface area contributed by atoms with Crippen molar-refractivity contribution in [2.75, 3.05) is 0 Å². The second-order valence-corrected chi connectivity index (χ2v) is 4.25. The molecule has 2 heteroatoms. The highest BCUT2D eigenvalue weighted by molar-refractivity contribution is 5.37. The summed E-state index contributed by atoms with van der Waals surface area (Å²) in [6.07, 6.45) is 2.20. The van der Waals surface area contributed by atoms with Crippen molar-refractivity contribution >= 4 is 0 Å². The Hall–Kier alpha value is -1.02. The van der Waals surface area contributed by atoms with Crippen molar-refractivity contribution in [3.05, 3.63) is 29.8 Å². The van der Waals surface area contributed by atoms with E-state index in [9.17, 15) is 5.11 Å². The summed E-state index contributed by atoms with van der Waals surface area (Å²) in [4.78, 5) is 0. The van der Waals surface area contributed by atoms with Crippen LogP contribution in [0.4, 0.5) is 0 Å². The van der Waals surface area contributed by atoms with Gasteiger partial charge in [-0.15, -0.1) is 0 Å². The highest BCUT2D eigenvalue weighted by atomic mass is 16.5. The van der Waals surface area contributed by atoms with E-state index in [0.29, 0.717) is 6.42 Å². The lowest BCUT2D eigenvalue weighted by molar-refractivity contribution is -0.0195. The van der Waals surface area contributed by atoms with Gasteiger partial charge in [0.2, 0.25) is 0 Å². The predicted molar refractivity (Wildman–Crippen MR) is 60.0 cm³/mol. The molecule has 82 valence electrons. The molecule has 2 rings (SSSR count). The van der Waals surface area contributed by atoms with Crippen LogP contribution in [-0.4, -0.2) is 10.7 Å². The molecule has 0 spiro atoms. The lowest BCUT2D eigenvalue weighted by Gasteiger charge is -2.39. The molecule has 2 nitrogen and oxygen atoms in total. The summed E-state index contributed by atoms with van der Waals surface area (Å²) in [6.45, 7) is 4.23. The van der Waals surface area contributed by atoms with Crippen LogP contribution in [0.15, 0.2) is 24.3 Å². The normalized spacial score (nSPS) is 23.0. The van der Waals surface area contributed by atoms with Gasteiger partial charge in [0.1, 0.15) is 11.4 Å². The summed E-state index contributed by atoms with van der Waals surface area (Å²) < 4.78 is 6.03. The maximum Gasteiger partial charge on any atom is 0.125 e. The second-order valence-electron chi connectivity index (χ2n) is 4.25. The van der Waals surface area contributed by atoms with Gasteiger partial charge in [-0.1, -0.05) is 32.0 Å². The zero-order chi connectivity index (χ0) is 10.9. The minimum atomic E-state index is -0.380. The molecule has 1 atom stereocenters. The first kappa shape index (κ1) is 10.5. The number of hydrogen-bond donors (Lipinski definition) is 1. The molecular formula is C13H18O2. The van der Waals surface area contributed by atoms with Crippen molar-refractivity contribution in [3.8, 4) is 5.75 Å². The number of rotatable bonds is 2. The predicted octanol–water partition coefficient (Wildman–Crippen LogP) is 3.06. The molecule has 0 aromatic heterocycles. The fourth-order valence-electron chi connectivity index (χ4n) is 2.27. The van der Waals surface area contributed by atoms with Gasteiger partial charge >= 0.3 is 0 Å². The van der Waals surface area contributed by atoms with Gasteiger partial charge in [-0.05, 0) is 18.9 Å². The van der Waals surface area contributed by atoms with Gasteiger partial charge in [-0.25, -0.2) is 0 Å². The van der Waals surface area contributed by atoms with Gasteiger partial charge in [0, 0.05) is 12.0 Å². The van der Waals surface area contributed by atoms with Crippen molar-refractivity contribution < 1.29 is 9.84 Å². The SMILES string of the molecule is CCC1(CC)CC(O)c2ccccc2O1. The summed E-state index contributed by atoms with van der Waals surface area (Å²) >= 11 is 0. The minimum Gasteiger partial charge on any atom is -0.487 e. The van der Waals surface area contributed by atoms with Crippen LogP contribution in [0.5, 0.6) is 5.75 Å². The Morgan fingerprint density at radius 1 is 1.33 bits per heavy atom. The van der Waals surface area contributed by atoms with Crippen LogP contribution >= 0.6 is 0 Å². The Bertz CT molecular complexity index is 342. The summed E-state index contributed by atoms with van der Waals surface area (Å²) in [5.74, 6) is 0.847. The molecule has 0 bridgehead atoms. The maximum absolute atomic E-state index is 10.1. The van der Waals surface area contributed by atoms with Crippen molar-refractivity contribution in [2.45, 2.75) is 44.8 Å². The quantitative estimate of drug-likeness (QED) is 0.805. The van der Waals surface area contributed by atoms with Crippen LogP contribution in [0.25, 0.3) is 0 Å². The van der Waals surface area contributed by atoms with Gasteiger partial charge in [0.15, 0.2) is 0 Å². The number of aliphatic hydroxyl groups is 1. The zero-order valence-electron chi connectivity index (χ0n) is 9.36. The van der Waals surface area contributed by atoms with Crippen molar-refractivity contribution in [2.24, 2.45) is 0 Å². The van der Waals surface area contributed by atoms with E-state index in [2.05, 4.69) is 13.8 Å². The van der Waals surface area contributed by atoms with Crippen LogP contribution in [0, 0.1) is 0 Å². The topological polar surface area (TPSA) is 29.5 Å². The maximum atomic E-state index is 10.1. The number of ether oxygens (including phenoxy) is 1. The Balaban J connectivity index is 2.37. The molecule has 0 saturated carbocycles. The van der Waals surface area contributed by atoms with Crippen molar-refractivity contribution in [3.63, 3.8) is 0 Å². The molecule has 0 fully saturated rings. The fraction of sp³-hybridized carbons (Fsp3) is 0.538. The van der Waals surface area contributed by atoms with E-state index in [-0.39, 0.29) is 11.7 Å². The Morgan fingerprint density at radius 3 is 2.67 bits per heavy atom. The number of benzene rings is 1. The molecule has 1 aromatic rings. The largest absolute Gasteiger partial charge is 0.487 e.